The highest BCUT2D eigenvalue weighted by molar-refractivity contribution is 6.07. The molecule has 0 aliphatic carbocycles. The molecule has 0 aliphatic rings. The lowest BCUT2D eigenvalue weighted by molar-refractivity contribution is 0.0685. The van der Waals surface area contributed by atoms with Crippen LogP contribution in [0.5, 0.6) is 11.5 Å². The number of methoxy groups -OCH3 is 2. The monoisotopic (exact) mass is 347 g/mol. The topological polar surface area (TPSA) is 66.3 Å². The van der Waals surface area contributed by atoms with Gasteiger partial charge in [0, 0.05) is 0 Å². The minimum Gasteiger partial charge on any atom is -0.496 e. The van der Waals surface area contributed by atoms with Gasteiger partial charge in [0.15, 0.2) is 0 Å². The Bertz CT molecular complexity index is 711. The summed E-state index contributed by atoms with van der Waals surface area (Å²) in [5.41, 5.74) is 0.616. The summed E-state index contributed by atoms with van der Waals surface area (Å²) in [5.74, 6) is -0.0987. The zero-order chi connectivity index (χ0) is 18.1. The van der Waals surface area contributed by atoms with Crippen LogP contribution in [0.15, 0.2) is 53.7 Å². The molecule has 0 spiro atoms. The van der Waals surface area contributed by atoms with E-state index in [1.165, 1.54) is 14.2 Å². The van der Waals surface area contributed by atoms with E-state index in [9.17, 15) is 9.18 Å². The third-order valence-corrected chi connectivity index (χ3v) is 3.16. The van der Waals surface area contributed by atoms with Crippen molar-refractivity contribution < 1.29 is 28.2 Å². The van der Waals surface area contributed by atoms with Crippen molar-refractivity contribution in [2.45, 2.75) is 0 Å². The number of carbonyl (C=O) groups is 1. The van der Waals surface area contributed by atoms with Gasteiger partial charge in [-0.05, 0) is 29.4 Å². The summed E-state index contributed by atoms with van der Waals surface area (Å²) >= 11 is 0. The number of alkyl halides is 1. The van der Waals surface area contributed by atoms with Crippen molar-refractivity contribution in [3.63, 3.8) is 0 Å². The maximum absolute atomic E-state index is 12.3. The van der Waals surface area contributed by atoms with E-state index in [2.05, 4.69) is 5.16 Å². The molecule has 6 nitrogen and oxygen atoms in total. The van der Waals surface area contributed by atoms with Gasteiger partial charge < -0.3 is 19.0 Å². The van der Waals surface area contributed by atoms with Gasteiger partial charge in [0.25, 0.3) is 5.90 Å². The van der Waals surface area contributed by atoms with Gasteiger partial charge in [0.1, 0.15) is 30.3 Å². The molecule has 132 valence electrons. The van der Waals surface area contributed by atoms with E-state index < -0.39 is 12.6 Å². The van der Waals surface area contributed by atoms with E-state index in [1.54, 1.807) is 48.5 Å². The summed E-state index contributed by atoms with van der Waals surface area (Å²) < 4.78 is 28.2. The zero-order valence-corrected chi connectivity index (χ0v) is 13.9. The van der Waals surface area contributed by atoms with Crippen molar-refractivity contribution in [2.75, 3.05) is 27.5 Å². The second-order valence-corrected chi connectivity index (χ2v) is 4.71. The van der Waals surface area contributed by atoms with Gasteiger partial charge in [0.05, 0.1) is 19.8 Å². The molecule has 25 heavy (non-hydrogen) atoms. The van der Waals surface area contributed by atoms with Gasteiger partial charge in [-0.3, -0.25) is 0 Å². The molecule has 2 aromatic carbocycles. The van der Waals surface area contributed by atoms with Gasteiger partial charge in [-0.15, -0.1) is 0 Å². The highest BCUT2D eigenvalue weighted by atomic mass is 19.1. The number of oxime groups is 1. The molecular formula is C18H18FNO5. The Labute approximate surface area is 144 Å². The van der Waals surface area contributed by atoms with Crippen LogP contribution in [-0.2, 0) is 9.57 Å². The van der Waals surface area contributed by atoms with Crippen LogP contribution in [0.25, 0.3) is 0 Å². The fourth-order valence-corrected chi connectivity index (χ4v) is 2.04. The van der Waals surface area contributed by atoms with Crippen LogP contribution in [0.1, 0.15) is 15.9 Å². The highest BCUT2D eigenvalue weighted by Crippen LogP contribution is 2.29. The summed E-state index contributed by atoms with van der Waals surface area (Å²) in [5, 5.41) is 3.74. The highest BCUT2D eigenvalue weighted by Gasteiger charge is 2.22. The molecule has 7 heteroatoms. The largest absolute Gasteiger partial charge is 0.496 e. The van der Waals surface area contributed by atoms with Gasteiger partial charge in [-0.25, -0.2) is 9.18 Å². The summed E-state index contributed by atoms with van der Waals surface area (Å²) in [6.45, 7) is -1.00. The van der Waals surface area contributed by atoms with Gasteiger partial charge in [-0.2, -0.15) is 0 Å². The number of hydrogen-bond acceptors (Lipinski definition) is 6. The average Bonchev–Trinajstić information content (AvgIpc) is 2.67. The molecule has 0 bridgehead atoms. The number of hydrogen-bond donors (Lipinski definition) is 0. The van der Waals surface area contributed by atoms with E-state index >= 15 is 0 Å². The van der Waals surface area contributed by atoms with Crippen LogP contribution in [-0.4, -0.2) is 39.4 Å². The maximum atomic E-state index is 12.3. The molecule has 0 amide bonds. The number of rotatable bonds is 7. The molecule has 2 aromatic rings. The Morgan fingerprint density at radius 2 is 1.64 bits per heavy atom. The van der Waals surface area contributed by atoms with E-state index in [0.29, 0.717) is 17.1 Å². The van der Waals surface area contributed by atoms with E-state index in [1.807, 2.05) is 0 Å². The zero-order valence-electron chi connectivity index (χ0n) is 13.9. The number of carbonyl (C=O) groups excluding carboxylic acids is 1. The molecule has 0 radical (unpaired) electrons. The van der Waals surface area contributed by atoms with Crippen molar-refractivity contribution in [3.8, 4) is 11.5 Å². The SMILES string of the molecule is COc1cccc(OC)c1/C(=N\OCCF)OC(=O)c1ccccc1. The number of esters is 1. The standard InChI is InChI=1S/C18H18FNO5/c1-22-14-9-6-10-15(23-2)16(14)17(20-24-12-11-19)25-18(21)13-7-4-3-5-8-13/h3-10H,11-12H2,1-2H3/b20-17+. The second-order valence-electron chi connectivity index (χ2n) is 4.71. The molecule has 0 N–H and O–H groups in total. The van der Waals surface area contributed by atoms with Crippen LogP contribution in [0.3, 0.4) is 0 Å². The minimum absolute atomic E-state index is 0.184. The minimum atomic E-state index is -0.730. The lowest BCUT2D eigenvalue weighted by atomic mass is 10.1. The summed E-state index contributed by atoms with van der Waals surface area (Å²) in [6, 6.07) is 13.4. The van der Waals surface area contributed by atoms with Gasteiger partial charge in [0.2, 0.25) is 0 Å². The van der Waals surface area contributed by atoms with Gasteiger partial charge in [-0.1, -0.05) is 24.3 Å². The first-order chi connectivity index (χ1) is 12.2. The molecule has 0 unspecified atom stereocenters. The number of nitrogens with zero attached hydrogens (tertiary/aromatic N) is 1. The van der Waals surface area contributed by atoms with Crippen LogP contribution < -0.4 is 9.47 Å². The smallest absolute Gasteiger partial charge is 0.344 e. The predicted octanol–water partition coefficient (Wildman–Crippen LogP) is 3.21. The van der Waals surface area contributed by atoms with Crippen molar-refractivity contribution in [1.82, 2.24) is 0 Å². The lowest BCUT2D eigenvalue weighted by Crippen LogP contribution is -2.16. The third kappa shape index (κ3) is 4.69. The molecule has 2 rings (SSSR count). The molecule has 0 saturated carbocycles. The fourth-order valence-electron chi connectivity index (χ4n) is 2.04. The normalized spacial score (nSPS) is 10.9. The molecule has 0 saturated heterocycles. The molecule has 0 atom stereocenters. The van der Waals surface area contributed by atoms with E-state index in [-0.39, 0.29) is 18.1 Å². The Morgan fingerprint density at radius 3 is 2.20 bits per heavy atom. The first-order valence-electron chi connectivity index (χ1n) is 7.45. The van der Waals surface area contributed by atoms with Crippen LogP contribution >= 0.6 is 0 Å². The predicted molar refractivity (Wildman–Crippen MR) is 89.9 cm³/mol. The van der Waals surface area contributed by atoms with E-state index in [0.717, 1.165) is 0 Å². The first kappa shape index (κ1) is 18.3. The van der Waals surface area contributed by atoms with Crippen molar-refractivity contribution in [1.29, 1.82) is 0 Å². The number of benzene rings is 2. The number of ether oxygens (including phenoxy) is 3. The van der Waals surface area contributed by atoms with Gasteiger partial charge >= 0.3 is 5.97 Å². The first-order valence-corrected chi connectivity index (χ1v) is 7.45. The molecule has 0 aliphatic heterocycles. The lowest BCUT2D eigenvalue weighted by Gasteiger charge is -2.14. The van der Waals surface area contributed by atoms with Crippen molar-refractivity contribution in [2.24, 2.45) is 5.16 Å². The third-order valence-electron chi connectivity index (χ3n) is 3.16. The second kappa shape index (κ2) is 9.27. The molecular weight excluding hydrogens is 329 g/mol. The van der Waals surface area contributed by atoms with Crippen molar-refractivity contribution in [3.05, 3.63) is 59.7 Å². The molecule has 0 fully saturated rings. The fraction of sp³-hybridized carbons (Fsp3) is 0.222. The van der Waals surface area contributed by atoms with Crippen LogP contribution in [0, 0.1) is 0 Å². The Balaban J connectivity index is 2.40. The van der Waals surface area contributed by atoms with E-state index in [4.69, 9.17) is 19.0 Å². The maximum Gasteiger partial charge on any atom is 0.344 e. The van der Waals surface area contributed by atoms with Crippen molar-refractivity contribution >= 4 is 11.9 Å². The Morgan fingerprint density at radius 1 is 1.00 bits per heavy atom. The van der Waals surface area contributed by atoms with Crippen LogP contribution in [0.4, 0.5) is 4.39 Å². The molecule has 0 heterocycles. The number of halogens is 1. The molecule has 0 aromatic heterocycles. The quantitative estimate of drug-likeness (QED) is 0.253. The Hall–Kier alpha value is -3.09. The summed E-state index contributed by atoms with van der Waals surface area (Å²) in [7, 11) is 2.91. The summed E-state index contributed by atoms with van der Waals surface area (Å²) in [6.07, 6.45) is 0. The average molecular weight is 347 g/mol. The van der Waals surface area contributed by atoms with Crippen LogP contribution in [0.2, 0.25) is 0 Å². The Kier molecular flexibility index (Phi) is 6.76. The summed E-state index contributed by atoms with van der Waals surface area (Å²) in [4.78, 5) is 17.2.